The lowest BCUT2D eigenvalue weighted by molar-refractivity contribution is 0.106. The topological polar surface area (TPSA) is 21.3 Å². The standard InChI is InChI=1S/C11H15BrClNO/c1-7(8(2)15-3)14-11-6-9(12)4-5-10(11)13/h4-8,14H,1-3H3. The molecule has 0 bridgehead atoms. The minimum atomic E-state index is 0.139. The molecule has 0 aliphatic carbocycles. The van der Waals surface area contributed by atoms with E-state index in [0.717, 1.165) is 10.2 Å². The van der Waals surface area contributed by atoms with Gasteiger partial charge in [0.2, 0.25) is 0 Å². The molecule has 1 aromatic carbocycles. The van der Waals surface area contributed by atoms with Crippen molar-refractivity contribution in [1.82, 2.24) is 0 Å². The third kappa shape index (κ3) is 3.67. The van der Waals surface area contributed by atoms with Gasteiger partial charge in [0, 0.05) is 17.6 Å². The van der Waals surface area contributed by atoms with Crippen molar-refractivity contribution in [2.24, 2.45) is 0 Å². The summed E-state index contributed by atoms with van der Waals surface area (Å²) in [5.74, 6) is 0. The van der Waals surface area contributed by atoms with Gasteiger partial charge < -0.3 is 10.1 Å². The van der Waals surface area contributed by atoms with Gasteiger partial charge in [-0.25, -0.2) is 0 Å². The molecule has 0 amide bonds. The average Bonchev–Trinajstić information content (AvgIpc) is 2.22. The van der Waals surface area contributed by atoms with Crippen LogP contribution in [0, 0.1) is 0 Å². The molecule has 2 unspecified atom stereocenters. The normalized spacial score (nSPS) is 14.7. The van der Waals surface area contributed by atoms with Crippen LogP contribution in [0.15, 0.2) is 22.7 Å². The van der Waals surface area contributed by atoms with Gasteiger partial charge in [-0.2, -0.15) is 0 Å². The van der Waals surface area contributed by atoms with E-state index in [1.165, 1.54) is 0 Å². The summed E-state index contributed by atoms with van der Waals surface area (Å²) in [7, 11) is 1.70. The summed E-state index contributed by atoms with van der Waals surface area (Å²) in [6, 6.07) is 5.94. The molecule has 0 aliphatic rings. The maximum absolute atomic E-state index is 6.06. The second-order valence-electron chi connectivity index (χ2n) is 3.50. The summed E-state index contributed by atoms with van der Waals surface area (Å²) in [6.45, 7) is 4.08. The minimum Gasteiger partial charge on any atom is -0.380 e. The number of nitrogens with one attached hydrogen (secondary N) is 1. The molecular formula is C11H15BrClNO. The molecule has 0 saturated heterocycles. The van der Waals surface area contributed by atoms with E-state index in [4.69, 9.17) is 16.3 Å². The summed E-state index contributed by atoms with van der Waals surface area (Å²) in [5.41, 5.74) is 0.919. The molecule has 4 heteroatoms. The molecule has 0 spiro atoms. The van der Waals surface area contributed by atoms with E-state index in [1.807, 2.05) is 25.1 Å². The van der Waals surface area contributed by atoms with Crippen LogP contribution in [0.2, 0.25) is 5.02 Å². The Morgan fingerprint density at radius 1 is 1.40 bits per heavy atom. The summed E-state index contributed by atoms with van der Waals surface area (Å²) >= 11 is 9.47. The first-order chi connectivity index (χ1) is 7.04. The fraction of sp³-hybridized carbons (Fsp3) is 0.455. The first-order valence-corrected chi connectivity index (χ1v) is 5.96. The maximum atomic E-state index is 6.06. The van der Waals surface area contributed by atoms with E-state index < -0.39 is 0 Å². The highest BCUT2D eigenvalue weighted by Gasteiger charge is 2.12. The Kier molecular flexibility index (Phi) is 4.90. The zero-order valence-corrected chi connectivity index (χ0v) is 11.4. The number of hydrogen-bond acceptors (Lipinski definition) is 2. The predicted octanol–water partition coefficient (Wildman–Crippen LogP) is 3.94. The first-order valence-electron chi connectivity index (χ1n) is 4.79. The van der Waals surface area contributed by atoms with Gasteiger partial charge in [0.05, 0.1) is 16.8 Å². The SMILES string of the molecule is COC(C)C(C)Nc1cc(Br)ccc1Cl. The minimum absolute atomic E-state index is 0.139. The Labute approximate surface area is 104 Å². The van der Waals surface area contributed by atoms with E-state index in [-0.39, 0.29) is 12.1 Å². The van der Waals surface area contributed by atoms with Crippen LogP contribution in [0.4, 0.5) is 5.69 Å². The van der Waals surface area contributed by atoms with Crippen molar-refractivity contribution in [1.29, 1.82) is 0 Å². The van der Waals surface area contributed by atoms with Gasteiger partial charge in [-0.3, -0.25) is 0 Å². The zero-order chi connectivity index (χ0) is 11.4. The molecule has 0 radical (unpaired) electrons. The lowest BCUT2D eigenvalue weighted by Crippen LogP contribution is -2.29. The van der Waals surface area contributed by atoms with E-state index in [2.05, 4.69) is 28.2 Å². The van der Waals surface area contributed by atoms with Crippen LogP contribution in [0.3, 0.4) is 0 Å². The Bertz CT molecular complexity index is 332. The summed E-state index contributed by atoms with van der Waals surface area (Å²) in [5, 5.41) is 4.03. The van der Waals surface area contributed by atoms with Crippen molar-refractivity contribution >= 4 is 33.2 Å². The fourth-order valence-corrected chi connectivity index (χ4v) is 1.71. The molecule has 0 fully saturated rings. The van der Waals surface area contributed by atoms with Crippen molar-refractivity contribution in [3.63, 3.8) is 0 Å². The van der Waals surface area contributed by atoms with Gasteiger partial charge in [0.25, 0.3) is 0 Å². The van der Waals surface area contributed by atoms with Crippen LogP contribution in [-0.4, -0.2) is 19.3 Å². The molecule has 0 aromatic heterocycles. The van der Waals surface area contributed by atoms with Crippen LogP contribution in [0.5, 0.6) is 0 Å². The van der Waals surface area contributed by atoms with Crippen molar-refractivity contribution in [2.45, 2.75) is 26.0 Å². The predicted molar refractivity (Wildman–Crippen MR) is 68.7 cm³/mol. The lowest BCUT2D eigenvalue weighted by Gasteiger charge is -2.21. The lowest BCUT2D eigenvalue weighted by atomic mass is 10.2. The number of ether oxygens (including phenoxy) is 1. The highest BCUT2D eigenvalue weighted by molar-refractivity contribution is 9.10. The van der Waals surface area contributed by atoms with E-state index in [9.17, 15) is 0 Å². The largest absolute Gasteiger partial charge is 0.380 e. The molecule has 0 heterocycles. The van der Waals surface area contributed by atoms with Crippen molar-refractivity contribution in [3.8, 4) is 0 Å². The van der Waals surface area contributed by atoms with Gasteiger partial charge in [0.1, 0.15) is 0 Å². The quantitative estimate of drug-likeness (QED) is 0.907. The van der Waals surface area contributed by atoms with Gasteiger partial charge in [0.15, 0.2) is 0 Å². The number of hydrogen-bond donors (Lipinski definition) is 1. The number of anilines is 1. The second-order valence-corrected chi connectivity index (χ2v) is 4.82. The maximum Gasteiger partial charge on any atom is 0.0741 e. The summed E-state index contributed by atoms with van der Waals surface area (Å²) in [6.07, 6.45) is 0.139. The van der Waals surface area contributed by atoms with Crippen LogP contribution in [-0.2, 0) is 4.74 Å². The molecular weight excluding hydrogens is 277 g/mol. The van der Waals surface area contributed by atoms with Gasteiger partial charge in [-0.1, -0.05) is 27.5 Å². The van der Waals surface area contributed by atoms with E-state index >= 15 is 0 Å². The first kappa shape index (κ1) is 12.8. The van der Waals surface area contributed by atoms with Crippen molar-refractivity contribution < 1.29 is 4.74 Å². The average molecular weight is 293 g/mol. The van der Waals surface area contributed by atoms with E-state index in [0.29, 0.717) is 5.02 Å². The molecule has 15 heavy (non-hydrogen) atoms. The fourth-order valence-electron chi connectivity index (χ4n) is 1.17. The molecule has 2 nitrogen and oxygen atoms in total. The molecule has 1 rings (SSSR count). The van der Waals surface area contributed by atoms with Crippen LogP contribution < -0.4 is 5.32 Å². The molecule has 0 saturated carbocycles. The molecule has 84 valence electrons. The zero-order valence-electron chi connectivity index (χ0n) is 9.05. The van der Waals surface area contributed by atoms with Crippen molar-refractivity contribution in [3.05, 3.63) is 27.7 Å². The molecule has 1 aromatic rings. The third-order valence-corrected chi connectivity index (χ3v) is 3.21. The number of methoxy groups -OCH3 is 1. The van der Waals surface area contributed by atoms with Gasteiger partial charge >= 0.3 is 0 Å². The monoisotopic (exact) mass is 291 g/mol. The smallest absolute Gasteiger partial charge is 0.0741 e. The highest BCUT2D eigenvalue weighted by Crippen LogP contribution is 2.26. The Morgan fingerprint density at radius 3 is 2.67 bits per heavy atom. The molecule has 2 atom stereocenters. The second kappa shape index (κ2) is 5.73. The molecule has 1 N–H and O–H groups in total. The van der Waals surface area contributed by atoms with Gasteiger partial charge in [-0.05, 0) is 32.0 Å². The van der Waals surface area contributed by atoms with Crippen LogP contribution in [0.1, 0.15) is 13.8 Å². The Balaban J connectivity index is 2.75. The third-order valence-electron chi connectivity index (χ3n) is 2.39. The number of benzene rings is 1. The highest BCUT2D eigenvalue weighted by atomic mass is 79.9. The Morgan fingerprint density at radius 2 is 2.07 bits per heavy atom. The summed E-state index contributed by atoms with van der Waals surface area (Å²) in [4.78, 5) is 0. The van der Waals surface area contributed by atoms with E-state index in [1.54, 1.807) is 7.11 Å². The van der Waals surface area contributed by atoms with Crippen LogP contribution >= 0.6 is 27.5 Å². The molecule has 0 aliphatic heterocycles. The summed E-state index contributed by atoms with van der Waals surface area (Å²) < 4.78 is 6.24. The number of halogens is 2. The van der Waals surface area contributed by atoms with Gasteiger partial charge in [-0.15, -0.1) is 0 Å². The number of rotatable bonds is 4. The van der Waals surface area contributed by atoms with Crippen LogP contribution in [0.25, 0.3) is 0 Å². The van der Waals surface area contributed by atoms with Crippen molar-refractivity contribution in [2.75, 3.05) is 12.4 Å². The Hall–Kier alpha value is -0.250.